The molecule has 0 saturated heterocycles. The van der Waals surface area contributed by atoms with E-state index >= 15 is 0 Å². The largest absolute Gasteiger partial charge is 0.603 e. The van der Waals surface area contributed by atoms with E-state index in [4.69, 9.17) is 22.8 Å². The highest BCUT2D eigenvalue weighted by Gasteiger charge is 2.34. The second kappa shape index (κ2) is 19.6. The smallest absolute Gasteiger partial charge is 0.475 e. The van der Waals surface area contributed by atoms with Crippen molar-refractivity contribution < 1.29 is 50.7 Å². The van der Waals surface area contributed by atoms with E-state index in [1.54, 1.807) is 33.0 Å². The molecule has 2 aromatic carbocycles. The van der Waals surface area contributed by atoms with Crippen LogP contribution < -0.4 is 15.6 Å². The van der Waals surface area contributed by atoms with Gasteiger partial charge in [-0.15, -0.1) is 0 Å². The normalized spacial score (nSPS) is 13.3. The van der Waals surface area contributed by atoms with Gasteiger partial charge in [-0.1, -0.05) is 36.4 Å². The highest BCUT2D eigenvalue weighted by Crippen LogP contribution is 2.51. The third kappa shape index (κ3) is 12.2. The molecule has 0 aliphatic carbocycles. The van der Waals surface area contributed by atoms with Crippen molar-refractivity contribution in [2.45, 2.75) is 59.2 Å². The van der Waals surface area contributed by atoms with E-state index in [0.29, 0.717) is 0 Å². The van der Waals surface area contributed by atoms with E-state index in [2.05, 4.69) is 15.7 Å². The topological polar surface area (TPSA) is 161 Å². The number of aromatic nitrogens is 1. The number of benzene rings is 2. The minimum atomic E-state index is -4.14. The molecule has 1 heterocycles. The van der Waals surface area contributed by atoms with Crippen molar-refractivity contribution in [1.82, 2.24) is 15.4 Å². The van der Waals surface area contributed by atoms with Gasteiger partial charge in [-0.3, -0.25) is 28.7 Å². The highest BCUT2D eigenvalue weighted by atomic mass is 31.2. The van der Waals surface area contributed by atoms with Gasteiger partial charge in [0.2, 0.25) is 13.9 Å². The fraction of sp³-hybridized carbons (Fsp3) is 0.419. The summed E-state index contributed by atoms with van der Waals surface area (Å²) in [6.07, 6.45) is -0.688. The lowest BCUT2D eigenvalue weighted by Crippen LogP contribution is -2.52. The zero-order valence-corrected chi connectivity index (χ0v) is 28.9. The van der Waals surface area contributed by atoms with Crippen LogP contribution in [0.25, 0.3) is 10.8 Å². The summed E-state index contributed by atoms with van der Waals surface area (Å²) < 4.78 is 68.7. The summed E-state index contributed by atoms with van der Waals surface area (Å²) in [4.78, 5) is 42.4. The highest BCUT2D eigenvalue weighted by molar-refractivity contribution is 7.48. The van der Waals surface area contributed by atoms with Crippen LogP contribution in [0.2, 0.25) is 0 Å². The second-order valence-electron chi connectivity index (χ2n) is 10.1. The van der Waals surface area contributed by atoms with Crippen molar-refractivity contribution in [3.8, 4) is 0 Å². The Hall–Kier alpha value is -3.39. The molecule has 2 N–H and O–H groups in total. The minimum Gasteiger partial charge on any atom is -0.603 e. The fourth-order valence-corrected chi connectivity index (χ4v) is 6.66. The van der Waals surface area contributed by atoms with Crippen molar-refractivity contribution >= 4 is 50.2 Å². The van der Waals surface area contributed by atoms with E-state index in [0.717, 1.165) is 21.8 Å². The van der Waals surface area contributed by atoms with Crippen LogP contribution in [0.1, 0.15) is 46.1 Å². The Bertz CT molecular complexity index is 1590. The number of hydrogen-bond donors (Lipinski definition) is 2. The molecule has 48 heavy (non-hydrogen) atoms. The standard InChI is InChI=1S/C31H40F2N4O9P2/c1-5-43-47(40)16-15-27(46-48(41,44-6-2)45-7-3)18-26(37(22(4)38)35-20-25-13-10-14-28(32)30(25)33)21-42-31(39)36-29-17-23-11-8-9-12-24(23)19-34-29/h8-14,16-17,19,26-27,35H,5-7,15,18,20-21H2,1-4H3,(H,34,36,39). The second-order valence-corrected chi connectivity index (χ2v) is 12.9. The number of phosphoric acid groups is 1. The summed E-state index contributed by atoms with van der Waals surface area (Å²) in [5, 5.41) is 5.30. The quantitative estimate of drug-likeness (QED) is 0.114. The molecule has 13 nitrogen and oxygen atoms in total. The van der Waals surface area contributed by atoms with Gasteiger partial charge in [0, 0.05) is 37.0 Å². The molecule has 0 bridgehead atoms. The third-order valence-electron chi connectivity index (χ3n) is 6.60. The Morgan fingerprint density at radius 1 is 1.06 bits per heavy atom. The summed E-state index contributed by atoms with van der Waals surface area (Å²) >= 11 is 0. The monoisotopic (exact) mass is 712 g/mol. The number of ether oxygens (including phenoxy) is 1. The average molecular weight is 713 g/mol. The average Bonchev–Trinajstić information content (AvgIpc) is 3.04. The SMILES string of the molecule is CCO/[P+]([O-])=C/CC(CC(COC(=O)Nc1cc2ccccc2cn1)N(NCc1cccc(F)c1F)C(C)=O)OP(=O)(OCC)OCC. The number of carbonyl (C=O) groups excluding carboxylic acids is 2. The Labute approximate surface area is 279 Å². The van der Waals surface area contributed by atoms with Crippen LogP contribution >= 0.6 is 15.8 Å². The molecule has 3 unspecified atom stereocenters. The van der Waals surface area contributed by atoms with Gasteiger partial charge in [0.25, 0.3) is 0 Å². The molecule has 2 amide bonds. The number of pyridine rings is 1. The van der Waals surface area contributed by atoms with E-state index in [1.807, 2.05) is 24.3 Å². The van der Waals surface area contributed by atoms with E-state index in [9.17, 15) is 27.8 Å². The molecule has 0 spiro atoms. The molecule has 0 aliphatic heterocycles. The third-order valence-corrected chi connectivity index (χ3v) is 9.33. The zero-order chi connectivity index (χ0) is 35.1. The Morgan fingerprint density at radius 3 is 2.44 bits per heavy atom. The van der Waals surface area contributed by atoms with Crippen LogP contribution in [-0.2, 0) is 38.7 Å². The molecular weight excluding hydrogens is 672 g/mol. The van der Waals surface area contributed by atoms with Crippen molar-refractivity contribution in [2.75, 3.05) is 31.7 Å². The molecule has 17 heteroatoms. The lowest BCUT2D eigenvalue weighted by molar-refractivity contribution is -0.171. The maximum Gasteiger partial charge on any atom is 0.475 e. The lowest BCUT2D eigenvalue weighted by atomic mass is 10.1. The van der Waals surface area contributed by atoms with Gasteiger partial charge in [0.15, 0.2) is 11.6 Å². The van der Waals surface area contributed by atoms with Gasteiger partial charge in [-0.25, -0.2) is 28.6 Å². The minimum absolute atomic E-state index is 0.0171. The van der Waals surface area contributed by atoms with Crippen LogP contribution in [-0.4, -0.2) is 66.4 Å². The number of hydrogen-bond acceptors (Lipinski definition) is 11. The van der Waals surface area contributed by atoms with Crippen molar-refractivity contribution in [1.29, 1.82) is 0 Å². The number of amides is 2. The number of nitrogens with zero attached hydrogens (tertiary/aromatic N) is 2. The van der Waals surface area contributed by atoms with Gasteiger partial charge in [-0.2, -0.15) is 4.52 Å². The first-order valence-electron chi connectivity index (χ1n) is 15.2. The van der Waals surface area contributed by atoms with Gasteiger partial charge >= 0.3 is 13.9 Å². The Balaban J connectivity index is 1.90. The molecular formula is C31H40F2N4O9P2. The molecule has 262 valence electrons. The molecule has 3 rings (SSSR count). The summed E-state index contributed by atoms with van der Waals surface area (Å²) in [6.45, 7) is 5.41. The molecule has 0 saturated carbocycles. The number of carbonyl (C=O) groups is 2. The van der Waals surface area contributed by atoms with Crippen LogP contribution in [0.3, 0.4) is 0 Å². The lowest BCUT2D eigenvalue weighted by Gasteiger charge is -2.33. The number of anilines is 1. The van der Waals surface area contributed by atoms with E-state index < -0.39 is 58.2 Å². The zero-order valence-electron chi connectivity index (χ0n) is 27.1. The molecule has 0 radical (unpaired) electrons. The number of phosphoric ester groups is 1. The van der Waals surface area contributed by atoms with E-state index in [1.165, 1.54) is 24.9 Å². The molecule has 1 aromatic heterocycles. The number of rotatable bonds is 19. The first-order valence-corrected chi connectivity index (χ1v) is 17.9. The van der Waals surface area contributed by atoms with Gasteiger partial charge in [0.1, 0.15) is 18.2 Å². The summed E-state index contributed by atoms with van der Waals surface area (Å²) in [5.41, 5.74) is 2.70. The summed E-state index contributed by atoms with van der Waals surface area (Å²) in [5.74, 6) is -1.23. The summed E-state index contributed by atoms with van der Waals surface area (Å²) in [7, 11) is -6.37. The number of fused-ring (bicyclic) bond motifs is 1. The predicted molar refractivity (Wildman–Crippen MR) is 176 cm³/mol. The number of nitrogens with one attached hydrogen (secondary N) is 2. The van der Waals surface area contributed by atoms with Crippen molar-refractivity contribution in [3.05, 3.63) is 71.9 Å². The molecule has 3 aromatic rings. The van der Waals surface area contributed by atoms with Gasteiger partial charge < -0.3 is 9.63 Å². The Kier molecular flexibility index (Phi) is 15.9. The maximum absolute atomic E-state index is 14.5. The van der Waals surface area contributed by atoms with Crippen molar-refractivity contribution in [2.24, 2.45) is 0 Å². The van der Waals surface area contributed by atoms with E-state index in [-0.39, 0.29) is 50.6 Å². The van der Waals surface area contributed by atoms with Crippen LogP contribution in [0.15, 0.2) is 54.7 Å². The van der Waals surface area contributed by atoms with Gasteiger partial charge in [-0.05, 0) is 44.7 Å². The first-order chi connectivity index (χ1) is 23.0. The van der Waals surface area contributed by atoms with Crippen molar-refractivity contribution in [3.63, 3.8) is 0 Å². The fourth-order valence-electron chi connectivity index (χ4n) is 4.53. The number of halogens is 2. The number of hydrazine groups is 1. The van der Waals surface area contributed by atoms with Crippen LogP contribution in [0, 0.1) is 11.6 Å². The van der Waals surface area contributed by atoms with Gasteiger partial charge in [0.05, 0.1) is 32.0 Å². The van der Waals surface area contributed by atoms with Crippen LogP contribution in [0.5, 0.6) is 0 Å². The first kappa shape index (κ1) is 39.1. The molecule has 0 aliphatic rings. The Morgan fingerprint density at radius 2 is 1.77 bits per heavy atom. The summed E-state index contributed by atoms with van der Waals surface area (Å²) in [6, 6.07) is 11.6. The maximum atomic E-state index is 14.5. The van der Waals surface area contributed by atoms with Crippen LogP contribution in [0.4, 0.5) is 19.4 Å². The predicted octanol–water partition coefficient (Wildman–Crippen LogP) is 5.84. The molecule has 0 fully saturated rings. The molecule has 3 atom stereocenters.